The lowest BCUT2D eigenvalue weighted by molar-refractivity contribution is -0.131. The Morgan fingerprint density at radius 3 is 0.838 bits per heavy atom. The van der Waals surface area contributed by atoms with Gasteiger partial charge in [-0.1, -0.05) is 171 Å². The van der Waals surface area contributed by atoms with Crippen LogP contribution in [-0.4, -0.2) is 116 Å². The van der Waals surface area contributed by atoms with E-state index in [9.17, 15) is 43.8 Å². The molecule has 0 heterocycles. The van der Waals surface area contributed by atoms with Crippen molar-refractivity contribution in [3.8, 4) is 0 Å². The van der Waals surface area contributed by atoms with Gasteiger partial charge in [-0.2, -0.15) is 0 Å². The molecule has 0 aromatic rings. The smallest absolute Gasteiger partial charge is 0.163 e. The number of hydrogen-bond acceptors (Lipinski definition) is 12. The predicted octanol–water partition coefficient (Wildman–Crippen LogP) is 12.3. The fraction of sp³-hybridized carbons (Fsp3) is 0.887. The highest BCUT2D eigenvalue weighted by molar-refractivity contribution is 5.88. The summed E-state index contributed by atoms with van der Waals surface area (Å²) in [4.78, 5) is 81.8. The molecule has 12 heteroatoms. The largest absolute Gasteiger partial charge is 0.393 e. The second-order valence-corrected chi connectivity index (χ2v) is 29.0. The third-order valence-electron chi connectivity index (χ3n) is 13.5. The van der Waals surface area contributed by atoms with Crippen LogP contribution in [0.25, 0.3) is 0 Å². The quantitative estimate of drug-likeness (QED) is 0.188. The van der Waals surface area contributed by atoms with E-state index in [4.69, 9.17) is 0 Å². The monoisotopic (exact) mass is 1050 g/mol. The molecule has 0 spiro atoms. The van der Waals surface area contributed by atoms with Crippen LogP contribution in [0.5, 0.6) is 0 Å². The Balaban J connectivity index is -0.000000797. The van der Waals surface area contributed by atoms with Crippen LogP contribution < -0.4 is 5.32 Å². The van der Waals surface area contributed by atoms with Gasteiger partial charge in [0.15, 0.2) is 17.3 Å². The predicted molar refractivity (Wildman–Crippen MR) is 306 cm³/mol. The first kappa shape index (κ1) is 75.7. The highest BCUT2D eigenvalue weighted by atomic mass is 16.5. The summed E-state index contributed by atoms with van der Waals surface area (Å²) in [5, 5.41) is 21.3. The van der Waals surface area contributed by atoms with E-state index >= 15 is 0 Å². The van der Waals surface area contributed by atoms with Crippen LogP contribution in [0, 0.1) is 61.6 Å². The van der Waals surface area contributed by atoms with Crippen LogP contribution >= 0.6 is 0 Å². The molecule has 0 unspecified atom stereocenters. The highest BCUT2D eigenvalue weighted by Gasteiger charge is 2.36. The molecule has 3 N–H and O–H groups in total. The fourth-order valence-electron chi connectivity index (χ4n) is 8.51. The van der Waals surface area contributed by atoms with E-state index in [-0.39, 0.29) is 85.9 Å². The van der Waals surface area contributed by atoms with Gasteiger partial charge in [0, 0.05) is 68.7 Å². The number of aliphatic hydroxyl groups excluding tert-OH is 2. The fourth-order valence-corrected chi connectivity index (χ4v) is 8.51. The number of nitrogens with zero attached hydrogens (tertiary/aromatic N) is 1. The SMILES string of the molecule is CC(C)(C)C(=O)C1CCCC1.CC(C)(C)C(=O)C1CCCC1.CC(C)(C)C(=O)[C@H]1CC[C@H](O)C1.CC(C)(C)C(=O)[C@H]1CC[C@H](O)C1.CN(C)CC(=O)C(C)(C)C.CNCC(=O)C(C)(C)C.COCC(=O)C(C)(C)C. The van der Waals surface area contributed by atoms with E-state index in [1.165, 1.54) is 32.8 Å². The van der Waals surface area contributed by atoms with Crippen LogP contribution in [0.1, 0.15) is 235 Å². The number of carbonyl (C=O) groups is 7. The first-order valence-electron chi connectivity index (χ1n) is 28.1. The average Bonchev–Trinajstić information content (AvgIpc) is 4.09. The van der Waals surface area contributed by atoms with Gasteiger partial charge in [0.25, 0.3) is 0 Å². The number of carbonyl (C=O) groups excluding carboxylic acids is 7. The maximum atomic E-state index is 11.7. The van der Waals surface area contributed by atoms with Gasteiger partial charge in [0.1, 0.15) is 29.7 Å². The summed E-state index contributed by atoms with van der Waals surface area (Å²) >= 11 is 0. The minimum atomic E-state index is -0.254. The Kier molecular flexibility index (Phi) is 34.5. The number of hydrogen-bond donors (Lipinski definition) is 3. The average molecular weight is 1050 g/mol. The maximum absolute atomic E-state index is 11.7. The molecule has 0 aromatic heterocycles. The summed E-state index contributed by atoms with van der Waals surface area (Å²) in [6.45, 7) is 42.3. The number of methoxy groups -OCH3 is 1. The van der Waals surface area contributed by atoms with Crippen LogP contribution in [-0.2, 0) is 38.3 Å². The number of nitrogens with one attached hydrogen (secondary N) is 1. The molecule has 0 bridgehead atoms. The summed E-state index contributed by atoms with van der Waals surface area (Å²) in [5.41, 5.74) is -1.35. The number of likely N-dealkylation sites (N-methyl/N-ethyl adjacent to an activating group) is 2. The molecule has 436 valence electrons. The van der Waals surface area contributed by atoms with Crippen molar-refractivity contribution in [1.29, 1.82) is 0 Å². The highest BCUT2D eigenvalue weighted by Crippen LogP contribution is 2.35. The second kappa shape index (κ2) is 33.7. The Bertz CT molecular complexity index is 1560. The lowest BCUT2D eigenvalue weighted by atomic mass is 9.82. The molecule has 0 saturated heterocycles. The van der Waals surface area contributed by atoms with E-state index in [2.05, 4.69) is 10.1 Å². The maximum Gasteiger partial charge on any atom is 0.163 e. The molecule has 4 aliphatic carbocycles. The van der Waals surface area contributed by atoms with E-state index in [1.807, 2.05) is 164 Å². The molecular formula is C62H118N2O10. The molecule has 4 rings (SSSR count). The molecule has 4 fully saturated rings. The number of Topliss-reactive ketones (excluding diaryl/α,β-unsaturated/α-hetero) is 7. The van der Waals surface area contributed by atoms with Gasteiger partial charge in [-0.15, -0.1) is 0 Å². The zero-order valence-electron chi connectivity index (χ0n) is 52.6. The molecular weight excluding hydrogens is 933 g/mol. The van der Waals surface area contributed by atoms with Gasteiger partial charge in [-0.25, -0.2) is 0 Å². The third kappa shape index (κ3) is 34.3. The standard InChI is InChI=1S/2C10H18O2.2C10H18O.C8H17NO.C7H15NO.C7H14O2/c2*1-10(2,3)9(12)7-4-5-8(11)6-7;2*1-10(2,3)9(11)8-6-4-5-7-8;1-8(2,3)7(10)6-9(4)5;1-7(2,3)6(9)5-8-4;1-7(2,3)6(8)5-9-4/h2*7-8,11H,4-6H2,1-3H3;2*8H,4-7H2,1-3H3;6H2,1-5H3;8H,5H2,1-4H3;5H2,1-4H3/t2*7-,8-;;;;;/m00...../s1. The van der Waals surface area contributed by atoms with Crippen molar-refractivity contribution in [2.45, 2.75) is 247 Å². The topological polar surface area (TPSA) is 184 Å². The first-order valence-corrected chi connectivity index (χ1v) is 28.1. The molecule has 74 heavy (non-hydrogen) atoms. The van der Waals surface area contributed by atoms with E-state index in [0.717, 1.165) is 51.4 Å². The molecule has 12 nitrogen and oxygen atoms in total. The summed E-state index contributed by atoms with van der Waals surface area (Å²) < 4.78 is 4.68. The molecule has 4 saturated carbocycles. The van der Waals surface area contributed by atoms with Crippen molar-refractivity contribution in [1.82, 2.24) is 10.2 Å². The number of ether oxygens (including phenoxy) is 1. The Morgan fingerprint density at radius 2 is 0.689 bits per heavy atom. The normalized spacial score (nSPS) is 20.5. The summed E-state index contributed by atoms with van der Waals surface area (Å²) in [6, 6.07) is 0. The van der Waals surface area contributed by atoms with Crippen molar-refractivity contribution in [2.24, 2.45) is 61.6 Å². The van der Waals surface area contributed by atoms with E-state index < -0.39 is 0 Å². The van der Waals surface area contributed by atoms with Crippen LogP contribution in [0.2, 0.25) is 0 Å². The molecule has 4 aliphatic rings. The van der Waals surface area contributed by atoms with Crippen LogP contribution in [0.3, 0.4) is 0 Å². The molecule has 0 radical (unpaired) electrons. The van der Waals surface area contributed by atoms with Gasteiger partial charge < -0.3 is 25.2 Å². The van der Waals surface area contributed by atoms with Crippen molar-refractivity contribution in [3.63, 3.8) is 0 Å². The Hall–Kier alpha value is -2.51. The van der Waals surface area contributed by atoms with Gasteiger partial charge in [0.05, 0.1) is 25.3 Å². The van der Waals surface area contributed by atoms with Crippen molar-refractivity contribution in [2.75, 3.05) is 47.9 Å². The van der Waals surface area contributed by atoms with E-state index in [1.54, 1.807) is 7.05 Å². The number of aliphatic hydroxyl groups is 2. The molecule has 0 aromatic carbocycles. The molecule has 0 amide bonds. The van der Waals surface area contributed by atoms with Gasteiger partial charge in [-0.05, 0) is 85.4 Å². The van der Waals surface area contributed by atoms with Gasteiger partial charge >= 0.3 is 0 Å². The molecule has 0 aliphatic heterocycles. The van der Waals surface area contributed by atoms with E-state index in [0.29, 0.717) is 60.9 Å². The third-order valence-corrected chi connectivity index (χ3v) is 13.5. The minimum Gasteiger partial charge on any atom is -0.393 e. The lowest BCUT2D eigenvalue weighted by Crippen LogP contribution is -2.31. The summed E-state index contributed by atoms with van der Waals surface area (Å²) in [7, 11) is 7.13. The number of rotatable bonds is 10. The number of ketones is 7. The summed E-state index contributed by atoms with van der Waals surface area (Å²) in [5.74, 6) is 3.22. The van der Waals surface area contributed by atoms with Crippen molar-refractivity contribution >= 4 is 40.5 Å². The van der Waals surface area contributed by atoms with Crippen LogP contribution in [0.15, 0.2) is 0 Å². The Labute approximate surface area is 454 Å². The zero-order valence-corrected chi connectivity index (χ0v) is 52.6. The summed E-state index contributed by atoms with van der Waals surface area (Å²) in [6.07, 6.45) is 13.8. The molecule has 4 atom stereocenters. The second-order valence-electron chi connectivity index (χ2n) is 29.0. The van der Waals surface area contributed by atoms with Gasteiger partial charge in [0.2, 0.25) is 0 Å². The van der Waals surface area contributed by atoms with Gasteiger partial charge in [-0.3, -0.25) is 33.6 Å². The van der Waals surface area contributed by atoms with Crippen molar-refractivity contribution < 1.29 is 48.5 Å². The Morgan fingerprint density at radius 1 is 0.419 bits per heavy atom. The minimum absolute atomic E-state index is 0.111. The van der Waals surface area contributed by atoms with Crippen LogP contribution in [0.4, 0.5) is 0 Å². The zero-order chi connectivity index (χ0) is 59.0. The lowest BCUT2D eigenvalue weighted by Gasteiger charge is -2.20. The van der Waals surface area contributed by atoms with Crippen molar-refractivity contribution in [3.05, 3.63) is 0 Å². The first-order chi connectivity index (χ1) is 33.2.